The highest BCUT2D eigenvalue weighted by Crippen LogP contribution is 2.26. The summed E-state index contributed by atoms with van der Waals surface area (Å²) in [6.45, 7) is 2.93. The van der Waals surface area contributed by atoms with Gasteiger partial charge in [0.05, 0.1) is 29.8 Å². The Kier molecular flexibility index (Phi) is 4.22. The molecule has 5 heteroatoms. The average Bonchev–Trinajstić information content (AvgIpc) is 2.82. The van der Waals surface area contributed by atoms with Gasteiger partial charge in [-0.15, -0.1) is 0 Å². The Labute approximate surface area is 112 Å². The zero-order chi connectivity index (χ0) is 13.1. The van der Waals surface area contributed by atoms with E-state index in [1.807, 2.05) is 26.1 Å². The Hall–Kier alpha value is -1.10. The summed E-state index contributed by atoms with van der Waals surface area (Å²) >= 11 is 6.09. The third-order valence-corrected chi connectivity index (χ3v) is 3.57. The predicted octanol–water partition coefficient (Wildman–Crippen LogP) is 1.82. The Morgan fingerprint density at radius 1 is 1.44 bits per heavy atom. The highest BCUT2D eigenvalue weighted by Gasteiger charge is 2.33. The number of ether oxygens (including phenoxy) is 1. The summed E-state index contributed by atoms with van der Waals surface area (Å²) in [6.07, 6.45) is 0. The van der Waals surface area contributed by atoms with E-state index in [2.05, 4.69) is 10.6 Å². The lowest BCUT2D eigenvalue weighted by molar-refractivity contribution is -0.120. The van der Waals surface area contributed by atoms with Crippen molar-refractivity contribution in [2.24, 2.45) is 5.92 Å². The molecular weight excluding hydrogens is 252 g/mol. The van der Waals surface area contributed by atoms with Crippen molar-refractivity contribution < 1.29 is 9.53 Å². The van der Waals surface area contributed by atoms with Crippen LogP contribution in [0.3, 0.4) is 0 Å². The van der Waals surface area contributed by atoms with Crippen molar-refractivity contribution in [3.63, 3.8) is 0 Å². The molecule has 1 aliphatic heterocycles. The number of aryl methyl sites for hydroxylation is 1. The molecule has 1 fully saturated rings. The number of benzene rings is 1. The van der Waals surface area contributed by atoms with Crippen LogP contribution in [0.4, 0.5) is 5.69 Å². The standard InChI is InChI=1S/C13H17ClN2O2/c1-8-4-3-5-10(14)12(8)16-13(17)9-6-18-7-11(9)15-2/h3-5,9,11,15H,6-7H2,1-2H3,(H,16,17). The van der Waals surface area contributed by atoms with E-state index in [0.29, 0.717) is 23.9 Å². The minimum absolute atomic E-state index is 0.0527. The minimum atomic E-state index is -0.175. The van der Waals surface area contributed by atoms with Crippen LogP contribution in [0, 0.1) is 12.8 Å². The number of hydrogen-bond acceptors (Lipinski definition) is 3. The molecule has 18 heavy (non-hydrogen) atoms. The number of anilines is 1. The first-order valence-corrected chi connectivity index (χ1v) is 6.32. The fourth-order valence-electron chi connectivity index (χ4n) is 2.10. The first-order valence-electron chi connectivity index (χ1n) is 5.94. The number of amides is 1. The molecule has 1 heterocycles. The molecule has 2 rings (SSSR count). The molecule has 0 spiro atoms. The zero-order valence-corrected chi connectivity index (χ0v) is 11.3. The molecular formula is C13H17ClN2O2. The molecule has 1 aromatic carbocycles. The van der Waals surface area contributed by atoms with E-state index in [4.69, 9.17) is 16.3 Å². The largest absolute Gasteiger partial charge is 0.379 e. The quantitative estimate of drug-likeness (QED) is 0.879. The van der Waals surface area contributed by atoms with Gasteiger partial charge < -0.3 is 15.4 Å². The van der Waals surface area contributed by atoms with Gasteiger partial charge in [0.1, 0.15) is 0 Å². The van der Waals surface area contributed by atoms with Crippen LogP contribution < -0.4 is 10.6 Å². The number of likely N-dealkylation sites (N-methyl/N-ethyl adjacent to an activating group) is 1. The molecule has 0 aliphatic carbocycles. The molecule has 0 saturated carbocycles. The second kappa shape index (κ2) is 5.69. The summed E-state index contributed by atoms with van der Waals surface area (Å²) in [5, 5.41) is 6.54. The maximum absolute atomic E-state index is 12.2. The van der Waals surface area contributed by atoms with Crippen LogP contribution in [0.25, 0.3) is 0 Å². The average molecular weight is 269 g/mol. The van der Waals surface area contributed by atoms with Gasteiger partial charge in [-0.25, -0.2) is 0 Å². The van der Waals surface area contributed by atoms with E-state index in [1.165, 1.54) is 0 Å². The number of rotatable bonds is 3. The fourth-order valence-corrected chi connectivity index (χ4v) is 2.37. The van der Waals surface area contributed by atoms with Crippen LogP contribution in [-0.4, -0.2) is 32.2 Å². The maximum atomic E-state index is 12.2. The van der Waals surface area contributed by atoms with E-state index in [1.54, 1.807) is 6.07 Å². The zero-order valence-electron chi connectivity index (χ0n) is 10.5. The molecule has 1 saturated heterocycles. The van der Waals surface area contributed by atoms with Crippen molar-refractivity contribution >= 4 is 23.2 Å². The lowest BCUT2D eigenvalue weighted by Crippen LogP contribution is -2.39. The number of halogens is 1. The van der Waals surface area contributed by atoms with E-state index in [-0.39, 0.29) is 17.9 Å². The highest BCUT2D eigenvalue weighted by atomic mass is 35.5. The SMILES string of the molecule is CNC1COCC1C(=O)Nc1c(C)cccc1Cl. The van der Waals surface area contributed by atoms with Gasteiger partial charge >= 0.3 is 0 Å². The molecule has 2 unspecified atom stereocenters. The molecule has 1 amide bonds. The maximum Gasteiger partial charge on any atom is 0.231 e. The number of nitrogens with one attached hydrogen (secondary N) is 2. The monoisotopic (exact) mass is 268 g/mol. The van der Waals surface area contributed by atoms with Gasteiger partial charge in [0.25, 0.3) is 0 Å². The van der Waals surface area contributed by atoms with Gasteiger partial charge in [0.2, 0.25) is 5.91 Å². The van der Waals surface area contributed by atoms with Gasteiger partial charge in [-0.3, -0.25) is 4.79 Å². The van der Waals surface area contributed by atoms with Crippen LogP contribution in [-0.2, 0) is 9.53 Å². The molecule has 2 N–H and O–H groups in total. The van der Waals surface area contributed by atoms with Gasteiger partial charge in [-0.2, -0.15) is 0 Å². The normalized spacial score (nSPS) is 23.1. The number of carbonyl (C=O) groups is 1. The van der Waals surface area contributed by atoms with Crippen molar-refractivity contribution in [1.82, 2.24) is 5.32 Å². The first-order chi connectivity index (χ1) is 8.63. The first kappa shape index (κ1) is 13.3. The van der Waals surface area contributed by atoms with Gasteiger partial charge in [0, 0.05) is 6.04 Å². The van der Waals surface area contributed by atoms with Crippen molar-refractivity contribution in [3.05, 3.63) is 28.8 Å². The lowest BCUT2D eigenvalue weighted by Gasteiger charge is -2.17. The van der Waals surface area contributed by atoms with E-state index in [9.17, 15) is 4.79 Å². The fraction of sp³-hybridized carbons (Fsp3) is 0.462. The number of hydrogen-bond donors (Lipinski definition) is 2. The van der Waals surface area contributed by atoms with Gasteiger partial charge in [-0.05, 0) is 25.6 Å². The Morgan fingerprint density at radius 3 is 2.89 bits per heavy atom. The highest BCUT2D eigenvalue weighted by molar-refractivity contribution is 6.33. The second-order valence-electron chi connectivity index (χ2n) is 4.46. The van der Waals surface area contributed by atoms with Gasteiger partial charge in [-0.1, -0.05) is 23.7 Å². The second-order valence-corrected chi connectivity index (χ2v) is 4.87. The Morgan fingerprint density at radius 2 is 2.22 bits per heavy atom. The van der Waals surface area contributed by atoms with E-state index in [0.717, 1.165) is 5.56 Å². The molecule has 1 aliphatic rings. The lowest BCUT2D eigenvalue weighted by atomic mass is 10.0. The molecule has 0 radical (unpaired) electrons. The smallest absolute Gasteiger partial charge is 0.231 e. The molecule has 2 atom stereocenters. The van der Waals surface area contributed by atoms with E-state index >= 15 is 0 Å². The Bertz CT molecular complexity index is 430. The van der Waals surface area contributed by atoms with Crippen molar-refractivity contribution in [3.8, 4) is 0 Å². The van der Waals surface area contributed by atoms with Crippen molar-refractivity contribution in [1.29, 1.82) is 0 Å². The number of carbonyl (C=O) groups excluding carboxylic acids is 1. The summed E-state index contributed by atoms with van der Waals surface area (Å²) in [5.41, 5.74) is 1.64. The molecule has 1 aromatic rings. The van der Waals surface area contributed by atoms with Crippen LogP contribution in [0.2, 0.25) is 5.02 Å². The summed E-state index contributed by atoms with van der Waals surface area (Å²) in [4.78, 5) is 12.2. The summed E-state index contributed by atoms with van der Waals surface area (Å²) < 4.78 is 5.32. The third-order valence-electron chi connectivity index (χ3n) is 3.26. The number of para-hydroxylation sites is 1. The van der Waals surface area contributed by atoms with Crippen LogP contribution in [0.5, 0.6) is 0 Å². The Balaban J connectivity index is 2.12. The molecule has 98 valence electrons. The van der Waals surface area contributed by atoms with Crippen molar-refractivity contribution in [2.45, 2.75) is 13.0 Å². The molecule has 4 nitrogen and oxygen atoms in total. The van der Waals surface area contributed by atoms with E-state index < -0.39 is 0 Å². The van der Waals surface area contributed by atoms with Crippen LogP contribution >= 0.6 is 11.6 Å². The summed E-state index contributed by atoms with van der Waals surface area (Å²) in [6, 6.07) is 5.61. The van der Waals surface area contributed by atoms with Crippen molar-refractivity contribution in [2.75, 3.05) is 25.6 Å². The summed E-state index contributed by atoms with van der Waals surface area (Å²) in [5.74, 6) is -0.228. The third kappa shape index (κ3) is 2.66. The van der Waals surface area contributed by atoms with Crippen LogP contribution in [0.15, 0.2) is 18.2 Å². The topological polar surface area (TPSA) is 50.4 Å². The summed E-state index contributed by atoms with van der Waals surface area (Å²) in [7, 11) is 1.83. The molecule has 0 bridgehead atoms. The molecule has 0 aromatic heterocycles. The minimum Gasteiger partial charge on any atom is -0.379 e. The predicted molar refractivity (Wildman–Crippen MR) is 72.0 cm³/mol. The van der Waals surface area contributed by atoms with Gasteiger partial charge in [0.15, 0.2) is 0 Å². The van der Waals surface area contributed by atoms with Crippen LogP contribution in [0.1, 0.15) is 5.56 Å².